The highest BCUT2D eigenvalue weighted by Gasteiger charge is 2.34. The predicted molar refractivity (Wildman–Crippen MR) is 64.7 cm³/mol. The molecule has 0 bridgehead atoms. The molecule has 0 aliphatic carbocycles. The molecule has 0 saturated carbocycles. The van der Waals surface area contributed by atoms with E-state index in [9.17, 15) is 4.79 Å². The minimum Gasteiger partial charge on any atom is -0.392 e. The summed E-state index contributed by atoms with van der Waals surface area (Å²) in [5, 5.41) is 2.77. The molecule has 0 aliphatic rings. The monoisotopic (exact) mass is 232 g/mol. The van der Waals surface area contributed by atoms with Crippen molar-refractivity contribution in [3.63, 3.8) is 0 Å². The van der Waals surface area contributed by atoms with Gasteiger partial charge in [-0.25, -0.2) is 0 Å². The van der Waals surface area contributed by atoms with E-state index in [-0.39, 0.29) is 17.0 Å². The number of ether oxygens (including phenoxy) is 1. The highest BCUT2D eigenvalue weighted by atomic mass is 32.1. The molecule has 0 radical (unpaired) electrons. The zero-order chi connectivity index (χ0) is 12.1. The third-order valence-electron chi connectivity index (χ3n) is 2.70. The van der Waals surface area contributed by atoms with Crippen molar-refractivity contribution >= 4 is 23.1 Å². The molecule has 2 unspecified atom stereocenters. The van der Waals surface area contributed by atoms with E-state index in [1.54, 1.807) is 14.0 Å². The van der Waals surface area contributed by atoms with E-state index in [1.807, 2.05) is 13.8 Å². The van der Waals surface area contributed by atoms with Gasteiger partial charge in [0.05, 0.1) is 16.5 Å². The molecule has 5 heteroatoms. The van der Waals surface area contributed by atoms with Crippen LogP contribution in [0.5, 0.6) is 0 Å². The van der Waals surface area contributed by atoms with E-state index in [0.717, 1.165) is 0 Å². The van der Waals surface area contributed by atoms with Gasteiger partial charge in [0, 0.05) is 13.7 Å². The lowest BCUT2D eigenvalue weighted by molar-refractivity contribution is -0.127. The average Bonchev–Trinajstić information content (AvgIpc) is 2.23. The molecule has 1 amide bonds. The third kappa shape index (κ3) is 3.76. The van der Waals surface area contributed by atoms with Crippen LogP contribution in [-0.4, -0.2) is 30.7 Å². The van der Waals surface area contributed by atoms with E-state index < -0.39 is 5.41 Å². The molecule has 2 atom stereocenters. The Hall–Kier alpha value is -0.680. The molecule has 0 fully saturated rings. The fourth-order valence-corrected chi connectivity index (χ4v) is 1.20. The quantitative estimate of drug-likeness (QED) is 0.666. The fourth-order valence-electron chi connectivity index (χ4n) is 0.962. The predicted octanol–water partition coefficient (Wildman–Crippen LogP) is 0.840. The molecule has 4 nitrogen and oxygen atoms in total. The molecule has 0 aliphatic heterocycles. The minimum absolute atomic E-state index is 0.0126. The maximum Gasteiger partial charge on any atom is 0.232 e. The second kappa shape index (κ2) is 6.02. The molecular weight excluding hydrogens is 212 g/mol. The van der Waals surface area contributed by atoms with Gasteiger partial charge in [0.2, 0.25) is 5.91 Å². The topological polar surface area (TPSA) is 64.3 Å². The number of thiocarbonyl (C=S) groups is 1. The minimum atomic E-state index is -0.761. The lowest BCUT2D eigenvalue weighted by Gasteiger charge is -2.26. The normalized spacial score (nSPS) is 16.5. The van der Waals surface area contributed by atoms with E-state index in [1.165, 1.54) is 0 Å². The zero-order valence-corrected chi connectivity index (χ0v) is 10.6. The van der Waals surface area contributed by atoms with Crippen molar-refractivity contribution in [2.75, 3.05) is 13.7 Å². The van der Waals surface area contributed by atoms with Crippen molar-refractivity contribution in [1.82, 2.24) is 5.32 Å². The number of carbonyl (C=O) groups excluding carboxylic acids is 1. The second-order valence-corrected chi connectivity index (χ2v) is 4.25. The Balaban J connectivity index is 4.36. The van der Waals surface area contributed by atoms with Crippen LogP contribution in [0.25, 0.3) is 0 Å². The van der Waals surface area contributed by atoms with Crippen LogP contribution in [0.15, 0.2) is 0 Å². The largest absolute Gasteiger partial charge is 0.392 e. The summed E-state index contributed by atoms with van der Waals surface area (Å²) >= 11 is 4.90. The third-order valence-corrected chi connectivity index (χ3v) is 3.16. The number of hydrogen-bond acceptors (Lipinski definition) is 3. The Labute approximate surface area is 96.5 Å². The Morgan fingerprint density at radius 1 is 1.67 bits per heavy atom. The Morgan fingerprint density at radius 2 is 2.20 bits per heavy atom. The number of nitrogens with one attached hydrogen (secondary N) is 1. The van der Waals surface area contributed by atoms with Crippen molar-refractivity contribution in [2.24, 2.45) is 11.1 Å². The van der Waals surface area contributed by atoms with Gasteiger partial charge in [-0.2, -0.15) is 0 Å². The Bertz CT molecular complexity index is 246. The van der Waals surface area contributed by atoms with Gasteiger partial charge < -0.3 is 15.8 Å². The van der Waals surface area contributed by atoms with Crippen molar-refractivity contribution in [3.05, 3.63) is 0 Å². The Morgan fingerprint density at radius 3 is 2.53 bits per heavy atom. The molecule has 15 heavy (non-hydrogen) atoms. The molecular formula is C10H20N2O2S. The number of nitrogens with two attached hydrogens (primary N) is 1. The molecule has 3 N–H and O–H groups in total. The van der Waals surface area contributed by atoms with Crippen LogP contribution < -0.4 is 11.1 Å². The number of amides is 1. The summed E-state index contributed by atoms with van der Waals surface area (Å²) in [5.74, 6) is -0.138. The van der Waals surface area contributed by atoms with Crippen LogP contribution >= 0.6 is 12.2 Å². The molecule has 0 spiro atoms. The molecule has 88 valence electrons. The molecule has 0 saturated heterocycles. The number of carbonyl (C=O) groups is 1. The standard InChI is InChI=1S/C10H20N2O2S/c1-5-10(3,8(11)15)9(13)12-6-7(2)14-4/h7H,5-6H2,1-4H3,(H2,11,15)(H,12,13). The van der Waals surface area contributed by atoms with Crippen LogP contribution in [0, 0.1) is 5.41 Å². The van der Waals surface area contributed by atoms with Crippen molar-refractivity contribution in [3.8, 4) is 0 Å². The molecule has 0 heterocycles. The van der Waals surface area contributed by atoms with Gasteiger partial charge in [-0.3, -0.25) is 4.79 Å². The van der Waals surface area contributed by atoms with Crippen molar-refractivity contribution in [2.45, 2.75) is 33.3 Å². The summed E-state index contributed by atoms with van der Waals surface area (Å²) in [6.45, 7) is 5.98. The van der Waals surface area contributed by atoms with E-state index in [2.05, 4.69) is 5.32 Å². The SMILES string of the molecule is CCC(C)(C(=O)NCC(C)OC)C(N)=S. The highest BCUT2D eigenvalue weighted by Crippen LogP contribution is 2.21. The summed E-state index contributed by atoms with van der Waals surface area (Å²) in [4.78, 5) is 12.1. The van der Waals surface area contributed by atoms with Gasteiger partial charge in [0.15, 0.2) is 0 Å². The zero-order valence-electron chi connectivity index (χ0n) is 9.79. The number of methoxy groups -OCH3 is 1. The first-order chi connectivity index (χ1) is 6.88. The van der Waals surface area contributed by atoms with Crippen LogP contribution in [0.1, 0.15) is 27.2 Å². The van der Waals surface area contributed by atoms with Crippen molar-refractivity contribution in [1.29, 1.82) is 0 Å². The van der Waals surface area contributed by atoms with Gasteiger partial charge in [-0.05, 0) is 20.3 Å². The van der Waals surface area contributed by atoms with E-state index >= 15 is 0 Å². The summed E-state index contributed by atoms with van der Waals surface area (Å²) in [6, 6.07) is 0. The number of hydrogen-bond donors (Lipinski definition) is 2. The summed E-state index contributed by atoms with van der Waals surface area (Å²) in [6.07, 6.45) is 0.580. The van der Waals surface area contributed by atoms with Gasteiger partial charge in [0.1, 0.15) is 0 Å². The van der Waals surface area contributed by atoms with Crippen LogP contribution in [0.4, 0.5) is 0 Å². The highest BCUT2D eigenvalue weighted by molar-refractivity contribution is 7.80. The first-order valence-corrected chi connectivity index (χ1v) is 5.40. The average molecular weight is 232 g/mol. The summed E-state index contributed by atoms with van der Waals surface area (Å²) in [5.41, 5.74) is 4.80. The van der Waals surface area contributed by atoms with Gasteiger partial charge in [-0.15, -0.1) is 0 Å². The fraction of sp³-hybridized carbons (Fsp3) is 0.800. The van der Waals surface area contributed by atoms with Gasteiger partial charge >= 0.3 is 0 Å². The van der Waals surface area contributed by atoms with Crippen LogP contribution in [0.2, 0.25) is 0 Å². The molecule has 0 aromatic carbocycles. The van der Waals surface area contributed by atoms with E-state index in [0.29, 0.717) is 13.0 Å². The first kappa shape index (κ1) is 14.3. The molecule has 0 rings (SSSR count). The Kier molecular flexibility index (Phi) is 5.75. The first-order valence-electron chi connectivity index (χ1n) is 4.99. The molecule has 0 aromatic heterocycles. The van der Waals surface area contributed by atoms with Crippen molar-refractivity contribution < 1.29 is 9.53 Å². The molecule has 0 aromatic rings. The maximum absolute atomic E-state index is 11.8. The van der Waals surface area contributed by atoms with Crippen LogP contribution in [0.3, 0.4) is 0 Å². The lowest BCUT2D eigenvalue weighted by atomic mass is 9.86. The smallest absolute Gasteiger partial charge is 0.232 e. The van der Waals surface area contributed by atoms with Crippen LogP contribution in [-0.2, 0) is 9.53 Å². The van der Waals surface area contributed by atoms with Gasteiger partial charge in [-0.1, -0.05) is 19.1 Å². The van der Waals surface area contributed by atoms with E-state index in [4.69, 9.17) is 22.7 Å². The summed E-state index contributed by atoms with van der Waals surface area (Å²) < 4.78 is 5.03. The van der Waals surface area contributed by atoms with Gasteiger partial charge in [0.25, 0.3) is 0 Å². The summed E-state index contributed by atoms with van der Waals surface area (Å²) in [7, 11) is 1.60. The maximum atomic E-state index is 11.8. The number of rotatable bonds is 6. The lowest BCUT2D eigenvalue weighted by Crippen LogP contribution is -2.48. The second-order valence-electron chi connectivity index (χ2n) is 3.81.